The number of benzene rings is 4. The van der Waals surface area contributed by atoms with Crippen molar-refractivity contribution in [3.8, 4) is 0 Å². The van der Waals surface area contributed by atoms with E-state index >= 15 is 0 Å². The fourth-order valence-corrected chi connectivity index (χ4v) is 14.1. The number of rotatable bonds is 9. The van der Waals surface area contributed by atoms with Crippen LogP contribution in [0.15, 0.2) is 120 Å². The second-order valence-electron chi connectivity index (χ2n) is 15.1. The zero-order valence-corrected chi connectivity index (χ0v) is 32.3. The quantitative estimate of drug-likeness (QED) is 0.129. The molecule has 2 aliphatic heterocycles. The summed E-state index contributed by atoms with van der Waals surface area (Å²) in [7, 11) is -5.99. The molecule has 2 saturated heterocycles. The van der Waals surface area contributed by atoms with Gasteiger partial charge in [-0.3, -0.25) is 0 Å². The van der Waals surface area contributed by atoms with E-state index in [-0.39, 0.29) is 22.2 Å². The smallest absolute Gasteiger partial charge is 0.344 e. The highest BCUT2D eigenvalue weighted by atomic mass is 32.2. The lowest BCUT2D eigenvalue weighted by molar-refractivity contribution is -0.218. The largest absolute Gasteiger partial charge is 0.467 e. The lowest BCUT2D eigenvalue weighted by Gasteiger charge is -2.43. The van der Waals surface area contributed by atoms with Gasteiger partial charge >= 0.3 is 5.97 Å². The van der Waals surface area contributed by atoms with E-state index in [1.165, 1.54) is 11.1 Å². The van der Waals surface area contributed by atoms with Crippen molar-refractivity contribution in [3.63, 3.8) is 0 Å². The number of methoxy groups -OCH3 is 1. The van der Waals surface area contributed by atoms with E-state index in [0.717, 1.165) is 15.9 Å². The Kier molecular flexibility index (Phi) is 9.12. The van der Waals surface area contributed by atoms with Crippen molar-refractivity contribution in [1.82, 2.24) is 3.97 Å². The molecule has 0 bridgehead atoms. The number of hydrogen-bond donors (Lipinski definition) is 0. The Balaban J connectivity index is 1.40. The van der Waals surface area contributed by atoms with Crippen molar-refractivity contribution in [3.05, 3.63) is 127 Å². The van der Waals surface area contributed by atoms with Crippen LogP contribution in [0.1, 0.15) is 52.0 Å². The molecule has 52 heavy (non-hydrogen) atoms. The minimum absolute atomic E-state index is 0.0254. The maximum absolute atomic E-state index is 14.6. The summed E-state index contributed by atoms with van der Waals surface area (Å²) in [6, 6.07) is 36.1. The van der Waals surface area contributed by atoms with Gasteiger partial charge in [0, 0.05) is 5.39 Å². The van der Waals surface area contributed by atoms with Crippen molar-refractivity contribution in [2.24, 2.45) is 0 Å². The van der Waals surface area contributed by atoms with E-state index in [4.69, 9.17) is 23.4 Å². The van der Waals surface area contributed by atoms with E-state index in [1.807, 2.05) is 55.5 Å². The van der Waals surface area contributed by atoms with Crippen LogP contribution in [0.5, 0.6) is 0 Å². The zero-order valence-electron chi connectivity index (χ0n) is 30.5. The summed E-state index contributed by atoms with van der Waals surface area (Å²) in [5, 5.41) is 2.47. The van der Waals surface area contributed by atoms with Crippen LogP contribution in [0.2, 0.25) is 5.04 Å². The first-order valence-corrected chi connectivity index (χ1v) is 20.8. The van der Waals surface area contributed by atoms with Gasteiger partial charge in [-0.15, -0.1) is 0 Å². The van der Waals surface area contributed by atoms with Crippen LogP contribution in [-0.4, -0.2) is 64.0 Å². The Hall–Kier alpha value is -4.10. The van der Waals surface area contributed by atoms with Crippen molar-refractivity contribution in [2.45, 2.75) is 81.2 Å². The molecule has 2 aliphatic rings. The highest BCUT2D eigenvalue weighted by molar-refractivity contribution is 7.90. The summed E-state index contributed by atoms with van der Waals surface area (Å²) >= 11 is 0. The first-order valence-electron chi connectivity index (χ1n) is 17.5. The van der Waals surface area contributed by atoms with E-state index < -0.39 is 54.0 Å². The molecule has 7 rings (SSSR count). The van der Waals surface area contributed by atoms with E-state index in [1.54, 1.807) is 56.3 Å². The predicted molar refractivity (Wildman–Crippen MR) is 202 cm³/mol. The van der Waals surface area contributed by atoms with Crippen molar-refractivity contribution in [2.75, 3.05) is 13.7 Å². The number of hydrogen-bond acceptors (Lipinski definition) is 8. The summed E-state index contributed by atoms with van der Waals surface area (Å²) in [4.78, 5) is 14.3. The van der Waals surface area contributed by atoms with E-state index in [9.17, 15) is 13.2 Å². The highest BCUT2D eigenvalue weighted by Gasteiger charge is 2.72. The molecule has 4 aromatic carbocycles. The number of carbonyl (C=O) groups excluding carboxylic acids is 1. The second kappa shape index (κ2) is 13.1. The molecule has 0 aliphatic carbocycles. The van der Waals surface area contributed by atoms with E-state index in [2.05, 4.69) is 45.0 Å². The Morgan fingerprint density at radius 1 is 0.865 bits per heavy atom. The Morgan fingerprint density at radius 2 is 1.44 bits per heavy atom. The van der Waals surface area contributed by atoms with Gasteiger partial charge in [0.25, 0.3) is 18.3 Å². The van der Waals surface area contributed by atoms with Gasteiger partial charge in [-0.05, 0) is 60.4 Å². The van der Waals surface area contributed by atoms with Gasteiger partial charge in [0.05, 0.1) is 29.8 Å². The molecule has 3 heterocycles. The molecule has 0 radical (unpaired) electrons. The minimum atomic E-state index is -4.20. The van der Waals surface area contributed by atoms with Crippen LogP contribution in [0.25, 0.3) is 10.9 Å². The van der Waals surface area contributed by atoms with E-state index in [0.29, 0.717) is 10.9 Å². The number of nitrogens with zero attached hydrogens (tertiary/aromatic N) is 1. The van der Waals surface area contributed by atoms with Crippen molar-refractivity contribution >= 4 is 45.6 Å². The summed E-state index contributed by atoms with van der Waals surface area (Å²) < 4.78 is 63.3. The molecule has 11 heteroatoms. The first kappa shape index (κ1) is 36.3. The molecule has 272 valence electrons. The van der Waals surface area contributed by atoms with Gasteiger partial charge in [0.15, 0.2) is 5.79 Å². The van der Waals surface area contributed by atoms with Gasteiger partial charge in [0.1, 0.15) is 18.3 Å². The fourth-order valence-electron chi connectivity index (χ4n) is 8.01. The summed E-state index contributed by atoms with van der Waals surface area (Å²) in [5.74, 6) is -1.98. The van der Waals surface area contributed by atoms with Crippen LogP contribution < -0.4 is 10.4 Å². The first-order chi connectivity index (χ1) is 24.7. The van der Waals surface area contributed by atoms with Gasteiger partial charge in [-0.25, -0.2) is 17.2 Å². The topological polar surface area (TPSA) is 102 Å². The monoisotopic (exact) mass is 739 g/mol. The van der Waals surface area contributed by atoms with Gasteiger partial charge < -0.3 is 23.4 Å². The molecule has 0 unspecified atom stereocenters. The second-order valence-corrected chi connectivity index (χ2v) is 21.2. The standard InChI is InChI=1S/C41H45NO8SSi/c1-28-22-24-30(25-23-28)51(44,45)42-33-21-15-14-16-29(33)26-34(42)36-41(38(43)46-7)37(49-40(5,6)50-41)35(48-36)27-47-52(39(2,3)4,31-17-10-8-11-18-31)32-19-12-9-13-20-32/h8-26,35-37H,27H2,1-7H3/t35-,36+,37-,41+/m0/s1. The Labute approximate surface area is 306 Å². The molecule has 9 nitrogen and oxygen atoms in total. The third kappa shape index (κ3) is 5.75. The molecule has 0 amide bonds. The number of aryl methyl sites for hydroxylation is 1. The normalized spacial score (nSPS) is 23.1. The van der Waals surface area contributed by atoms with Gasteiger partial charge in [0.2, 0.25) is 5.60 Å². The van der Waals surface area contributed by atoms with Crippen LogP contribution in [0.3, 0.4) is 0 Å². The Bertz CT molecular complexity index is 2160. The molecular formula is C41H45NO8SSi. The lowest BCUT2D eigenvalue weighted by Crippen LogP contribution is -2.67. The van der Waals surface area contributed by atoms with Crippen LogP contribution in [-0.2, 0) is 38.2 Å². The molecule has 1 aromatic heterocycles. The molecule has 2 fully saturated rings. The number of carbonyl (C=O) groups is 1. The molecular weight excluding hydrogens is 695 g/mol. The zero-order chi connectivity index (χ0) is 37.1. The average Bonchev–Trinajstić information content (AvgIpc) is 3.74. The molecule has 4 atom stereocenters. The van der Waals surface area contributed by atoms with Crippen LogP contribution in [0.4, 0.5) is 0 Å². The third-order valence-electron chi connectivity index (χ3n) is 10.2. The molecule has 5 aromatic rings. The third-order valence-corrected chi connectivity index (χ3v) is 17.0. The summed E-state index contributed by atoms with van der Waals surface area (Å²) in [6.07, 6.45) is -3.13. The molecule has 0 saturated carbocycles. The predicted octanol–water partition coefficient (Wildman–Crippen LogP) is 6.27. The minimum Gasteiger partial charge on any atom is -0.467 e. The van der Waals surface area contributed by atoms with Crippen molar-refractivity contribution in [1.29, 1.82) is 0 Å². The van der Waals surface area contributed by atoms with Crippen LogP contribution >= 0.6 is 0 Å². The average molecular weight is 740 g/mol. The number of aromatic nitrogens is 1. The maximum atomic E-state index is 14.6. The van der Waals surface area contributed by atoms with Crippen LogP contribution in [0, 0.1) is 6.92 Å². The highest BCUT2D eigenvalue weighted by Crippen LogP contribution is 2.55. The van der Waals surface area contributed by atoms with Crippen molar-refractivity contribution < 1.29 is 36.6 Å². The number of fused-ring (bicyclic) bond motifs is 2. The molecule has 0 spiro atoms. The van der Waals surface area contributed by atoms with Gasteiger partial charge in [-0.1, -0.05) is 117 Å². The van der Waals surface area contributed by atoms with Gasteiger partial charge in [-0.2, -0.15) is 0 Å². The number of esters is 1. The fraction of sp³-hybridized carbons (Fsp3) is 0.341. The summed E-state index contributed by atoms with van der Waals surface area (Å²) in [6.45, 7) is 11.9. The number of para-hydroxylation sites is 1. The SMILES string of the molecule is COC(=O)[C@]12OC(C)(C)O[C@H]1[C@H](CO[Si](c1ccccc1)(c1ccccc1)C(C)(C)C)O[C@@H]2c1cc2ccccc2n1S(=O)(=O)c1ccc(C)cc1. The summed E-state index contributed by atoms with van der Waals surface area (Å²) in [5.41, 5.74) is -0.299. The molecule has 0 N–H and O–H groups in total. The maximum Gasteiger partial charge on any atom is 0.344 e. The number of ether oxygens (including phenoxy) is 4. The Morgan fingerprint density at radius 3 is 2.02 bits per heavy atom. The lowest BCUT2D eigenvalue weighted by atomic mass is 9.89.